The Bertz CT molecular complexity index is 540. The molecule has 0 aliphatic heterocycles. The van der Waals surface area contributed by atoms with Crippen LogP contribution < -0.4 is 10.2 Å². The number of anilines is 1. The molecular formula is C15H20N2O4. The summed E-state index contributed by atoms with van der Waals surface area (Å²) in [5.74, 6) is -1.17. The molecule has 1 aromatic carbocycles. The number of rotatable bonds is 5. The summed E-state index contributed by atoms with van der Waals surface area (Å²) >= 11 is 0. The summed E-state index contributed by atoms with van der Waals surface area (Å²) in [5, 5.41) is 2.71. The maximum atomic E-state index is 11.9. The predicted molar refractivity (Wildman–Crippen MR) is 79.1 cm³/mol. The van der Waals surface area contributed by atoms with Crippen molar-refractivity contribution in [1.82, 2.24) is 5.32 Å². The fourth-order valence-corrected chi connectivity index (χ4v) is 1.87. The minimum atomic E-state index is -0.555. The molecule has 0 atom stereocenters. The number of hydrogen-bond acceptors (Lipinski definition) is 4. The standard InChI is InChI=1S/C15H20N2O4/c1-10(2)16-14(19)9-17(11(3)18)13-8-6-5-7-12(13)15(20)21-4/h5-8,10H,9H2,1-4H3,(H,16,19). The number of para-hydroxylation sites is 1. The molecule has 0 aliphatic carbocycles. The van der Waals surface area contributed by atoms with Gasteiger partial charge in [0.15, 0.2) is 0 Å². The summed E-state index contributed by atoms with van der Waals surface area (Å²) < 4.78 is 4.70. The van der Waals surface area contributed by atoms with E-state index in [0.717, 1.165) is 0 Å². The fraction of sp³-hybridized carbons (Fsp3) is 0.400. The molecule has 1 aromatic rings. The average molecular weight is 292 g/mol. The van der Waals surface area contributed by atoms with Crippen LogP contribution in [0.15, 0.2) is 24.3 Å². The van der Waals surface area contributed by atoms with Crippen molar-refractivity contribution in [2.45, 2.75) is 26.8 Å². The summed E-state index contributed by atoms with van der Waals surface area (Å²) in [6.45, 7) is 4.86. The van der Waals surface area contributed by atoms with Crippen molar-refractivity contribution in [2.24, 2.45) is 0 Å². The molecule has 21 heavy (non-hydrogen) atoms. The van der Waals surface area contributed by atoms with E-state index in [2.05, 4.69) is 5.32 Å². The monoisotopic (exact) mass is 292 g/mol. The first-order chi connectivity index (χ1) is 9.86. The van der Waals surface area contributed by atoms with Gasteiger partial charge in [-0.2, -0.15) is 0 Å². The van der Waals surface area contributed by atoms with Crippen molar-refractivity contribution in [3.8, 4) is 0 Å². The molecule has 6 heteroatoms. The van der Waals surface area contributed by atoms with Gasteiger partial charge in [0.05, 0.1) is 18.4 Å². The van der Waals surface area contributed by atoms with Gasteiger partial charge in [0.25, 0.3) is 0 Å². The van der Waals surface area contributed by atoms with Crippen molar-refractivity contribution in [3.05, 3.63) is 29.8 Å². The number of hydrogen-bond donors (Lipinski definition) is 1. The van der Waals surface area contributed by atoms with Gasteiger partial charge in [0, 0.05) is 13.0 Å². The first kappa shape index (κ1) is 16.7. The van der Waals surface area contributed by atoms with Crippen molar-refractivity contribution in [2.75, 3.05) is 18.6 Å². The van der Waals surface area contributed by atoms with Crippen LogP contribution in [-0.4, -0.2) is 37.5 Å². The lowest BCUT2D eigenvalue weighted by atomic mass is 10.1. The Kier molecular flexibility index (Phi) is 5.90. The van der Waals surface area contributed by atoms with E-state index in [9.17, 15) is 14.4 Å². The van der Waals surface area contributed by atoms with Crippen LogP contribution in [0.4, 0.5) is 5.69 Å². The summed E-state index contributed by atoms with van der Waals surface area (Å²) in [7, 11) is 1.27. The van der Waals surface area contributed by atoms with Crippen LogP contribution in [0.5, 0.6) is 0 Å². The van der Waals surface area contributed by atoms with Crippen molar-refractivity contribution < 1.29 is 19.1 Å². The zero-order valence-corrected chi connectivity index (χ0v) is 12.7. The first-order valence-electron chi connectivity index (χ1n) is 6.61. The zero-order chi connectivity index (χ0) is 16.0. The van der Waals surface area contributed by atoms with E-state index in [4.69, 9.17) is 4.74 Å². The third-order valence-corrected chi connectivity index (χ3v) is 2.73. The highest BCUT2D eigenvalue weighted by atomic mass is 16.5. The van der Waals surface area contributed by atoms with Gasteiger partial charge >= 0.3 is 5.97 Å². The van der Waals surface area contributed by atoms with Crippen LogP contribution in [0.2, 0.25) is 0 Å². The van der Waals surface area contributed by atoms with Gasteiger partial charge in [-0.15, -0.1) is 0 Å². The lowest BCUT2D eigenvalue weighted by Gasteiger charge is -2.23. The van der Waals surface area contributed by atoms with E-state index >= 15 is 0 Å². The van der Waals surface area contributed by atoms with Gasteiger partial charge in [-0.1, -0.05) is 12.1 Å². The van der Waals surface area contributed by atoms with E-state index in [1.54, 1.807) is 24.3 Å². The number of esters is 1. The van der Waals surface area contributed by atoms with Gasteiger partial charge in [-0.3, -0.25) is 9.59 Å². The molecule has 2 amide bonds. The number of nitrogens with zero attached hydrogens (tertiary/aromatic N) is 1. The van der Waals surface area contributed by atoms with Crippen LogP contribution >= 0.6 is 0 Å². The molecule has 0 aliphatic rings. The van der Waals surface area contributed by atoms with Crippen molar-refractivity contribution >= 4 is 23.5 Å². The minimum absolute atomic E-state index is 0.0258. The highest BCUT2D eigenvalue weighted by Gasteiger charge is 2.22. The second-order valence-corrected chi connectivity index (χ2v) is 4.84. The van der Waals surface area contributed by atoms with E-state index in [1.165, 1.54) is 18.9 Å². The second-order valence-electron chi connectivity index (χ2n) is 4.84. The predicted octanol–water partition coefficient (Wildman–Crippen LogP) is 1.35. The minimum Gasteiger partial charge on any atom is -0.465 e. The third kappa shape index (κ3) is 4.59. The second kappa shape index (κ2) is 7.42. The molecule has 0 saturated heterocycles. The van der Waals surface area contributed by atoms with Gasteiger partial charge in [0.2, 0.25) is 11.8 Å². The lowest BCUT2D eigenvalue weighted by molar-refractivity contribution is -0.123. The topological polar surface area (TPSA) is 75.7 Å². The molecule has 0 unspecified atom stereocenters. The molecule has 114 valence electrons. The third-order valence-electron chi connectivity index (χ3n) is 2.73. The van der Waals surface area contributed by atoms with E-state index < -0.39 is 5.97 Å². The molecular weight excluding hydrogens is 272 g/mol. The Balaban J connectivity index is 3.09. The highest BCUT2D eigenvalue weighted by molar-refractivity contribution is 6.04. The van der Waals surface area contributed by atoms with Crippen molar-refractivity contribution in [3.63, 3.8) is 0 Å². The van der Waals surface area contributed by atoms with Gasteiger partial charge < -0.3 is 15.0 Å². The summed E-state index contributed by atoms with van der Waals surface area (Å²) in [6.07, 6.45) is 0. The molecule has 0 saturated carbocycles. The molecule has 0 heterocycles. The van der Waals surface area contributed by atoms with E-state index in [1.807, 2.05) is 13.8 Å². The Morgan fingerprint density at radius 3 is 2.38 bits per heavy atom. The Morgan fingerprint density at radius 1 is 1.24 bits per heavy atom. The number of ether oxygens (including phenoxy) is 1. The number of amides is 2. The zero-order valence-electron chi connectivity index (χ0n) is 12.7. The molecule has 1 rings (SSSR count). The summed E-state index contributed by atoms with van der Waals surface area (Å²) in [6, 6.07) is 6.50. The quantitative estimate of drug-likeness (QED) is 0.831. The summed E-state index contributed by atoms with van der Waals surface area (Å²) in [4.78, 5) is 36.7. The number of benzene rings is 1. The van der Waals surface area contributed by atoms with Crippen LogP contribution in [0, 0.1) is 0 Å². The summed E-state index contributed by atoms with van der Waals surface area (Å²) in [5.41, 5.74) is 0.600. The van der Waals surface area contributed by atoms with Crippen LogP contribution in [0.1, 0.15) is 31.1 Å². The van der Waals surface area contributed by atoms with E-state index in [0.29, 0.717) is 5.69 Å². The van der Waals surface area contributed by atoms with Crippen LogP contribution in [-0.2, 0) is 14.3 Å². The number of methoxy groups -OCH3 is 1. The van der Waals surface area contributed by atoms with Gasteiger partial charge in [0.1, 0.15) is 6.54 Å². The number of carbonyl (C=O) groups is 3. The molecule has 1 N–H and O–H groups in total. The Morgan fingerprint density at radius 2 is 1.86 bits per heavy atom. The molecule has 0 bridgehead atoms. The van der Waals surface area contributed by atoms with Crippen molar-refractivity contribution in [1.29, 1.82) is 0 Å². The molecule has 0 aromatic heterocycles. The SMILES string of the molecule is COC(=O)c1ccccc1N(CC(=O)NC(C)C)C(C)=O. The maximum absolute atomic E-state index is 11.9. The maximum Gasteiger partial charge on any atom is 0.339 e. The number of nitrogens with one attached hydrogen (secondary N) is 1. The Hall–Kier alpha value is -2.37. The average Bonchev–Trinajstić information content (AvgIpc) is 2.43. The Labute approximate surface area is 124 Å². The first-order valence-corrected chi connectivity index (χ1v) is 6.61. The number of carbonyl (C=O) groups excluding carboxylic acids is 3. The molecule has 0 fully saturated rings. The largest absolute Gasteiger partial charge is 0.465 e. The van der Waals surface area contributed by atoms with Crippen LogP contribution in [0.25, 0.3) is 0 Å². The smallest absolute Gasteiger partial charge is 0.339 e. The van der Waals surface area contributed by atoms with Gasteiger partial charge in [-0.05, 0) is 26.0 Å². The fourth-order valence-electron chi connectivity index (χ4n) is 1.87. The van der Waals surface area contributed by atoms with Crippen LogP contribution in [0.3, 0.4) is 0 Å². The highest BCUT2D eigenvalue weighted by Crippen LogP contribution is 2.21. The van der Waals surface area contributed by atoms with E-state index in [-0.39, 0.29) is 30.0 Å². The lowest BCUT2D eigenvalue weighted by Crippen LogP contribution is -2.42. The van der Waals surface area contributed by atoms with Gasteiger partial charge in [-0.25, -0.2) is 4.79 Å². The molecule has 0 spiro atoms. The molecule has 6 nitrogen and oxygen atoms in total. The normalized spacial score (nSPS) is 10.1. The molecule has 0 radical (unpaired) electrons.